The van der Waals surface area contributed by atoms with Crippen LogP contribution in [0.1, 0.15) is 328 Å². The number of aliphatic hydroxyl groups excluding tert-OH is 2. The van der Waals surface area contributed by atoms with Crippen molar-refractivity contribution in [3.05, 3.63) is 0 Å². The second-order valence-electron chi connectivity index (χ2n) is 20.0. The SMILES string of the molecule is CCCCCCCCCCCCCCCCCCCCC(=O)OCCCCCCCCCCCCCCCCCCCC(=O)NC(CO)C(O)CCCCCCCCCCCCC. The van der Waals surface area contributed by atoms with Gasteiger partial charge in [-0.1, -0.05) is 290 Å². The fraction of sp³-hybridized carbons (Fsp3) is 0.965. The summed E-state index contributed by atoms with van der Waals surface area (Å²) < 4.78 is 5.49. The van der Waals surface area contributed by atoms with E-state index in [4.69, 9.17) is 4.74 Å². The molecule has 6 nitrogen and oxygen atoms in total. The first-order valence-corrected chi connectivity index (χ1v) is 28.8. The lowest BCUT2D eigenvalue weighted by Crippen LogP contribution is -2.45. The van der Waals surface area contributed by atoms with Crippen molar-refractivity contribution in [1.82, 2.24) is 5.32 Å². The maximum absolute atomic E-state index is 12.4. The summed E-state index contributed by atoms with van der Waals surface area (Å²) >= 11 is 0. The minimum absolute atomic E-state index is 0.0104. The second kappa shape index (κ2) is 53.5. The van der Waals surface area contributed by atoms with Crippen LogP contribution in [-0.2, 0) is 14.3 Å². The van der Waals surface area contributed by atoms with Crippen molar-refractivity contribution in [3.8, 4) is 0 Å². The van der Waals surface area contributed by atoms with Gasteiger partial charge in [-0.25, -0.2) is 0 Å². The maximum atomic E-state index is 12.4. The number of ether oxygens (including phenoxy) is 1. The Hall–Kier alpha value is -1.14. The molecule has 0 aromatic heterocycles. The molecule has 63 heavy (non-hydrogen) atoms. The molecule has 0 aliphatic heterocycles. The lowest BCUT2D eigenvalue weighted by atomic mass is 10.0. The number of amides is 1. The summed E-state index contributed by atoms with van der Waals surface area (Å²) in [5.74, 6) is -0.0290. The Labute approximate surface area is 394 Å². The van der Waals surface area contributed by atoms with E-state index in [0.29, 0.717) is 25.9 Å². The molecule has 0 aliphatic rings. The van der Waals surface area contributed by atoms with Crippen LogP contribution in [0.3, 0.4) is 0 Å². The first-order valence-electron chi connectivity index (χ1n) is 28.8. The number of nitrogens with one attached hydrogen (secondary N) is 1. The summed E-state index contributed by atoms with van der Waals surface area (Å²) in [6.45, 7) is 4.96. The van der Waals surface area contributed by atoms with Crippen LogP contribution in [0, 0.1) is 0 Å². The van der Waals surface area contributed by atoms with Crippen molar-refractivity contribution in [2.24, 2.45) is 0 Å². The maximum Gasteiger partial charge on any atom is 0.305 e. The fourth-order valence-corrected chi connectivity index (χ4v) is 9.23. The van der Waals surface area contributed by atoms with Crippen molar-refractivity contribution >= 4 is 11.9 Å². The molecule has 2 unspecified atom stereocenters. The number of aliphatic hydroxyl groups is 2. The van der Waals surface area contributed by atoms with E-state index in [2.05, 4.69) is 19.2 Å². The van der Waals surface area contributed by atoms with E-state index in [0.717, 1.165) is 38.5 Å². The monoisotopic (exact) mass is 892 g/mol. The molecule has 0 fully saturated rings. The molecule has 0 aliphatic carbocycles. The van der Waals surface area contributed by atoms with Crippen LogP contribution in [-0.4, -0.2) is 47.4 Å². The van der Waals surface area contributed by atoms with Crippen molar-refractivity contribution in [1.29, 1.82) is 0 Å². The van der Waals surface area contributed by atoms with Gasteiger partial charge in [0.2, 0.25) is 5.91 Å². The van der Waals surface area contributed by atoms with E-state index in [1.807, 2.05) is 0 Å². The molecule has 0 aromatic rings. The number of rotatable bonds is 54. The van der Waals surface area contributed by atoms with Crippen molar-refractivity contribution in [2.75, 3.05) is 13.2 Å². The van der Waals surface area contributed by atoms with E-state index in [1.54, 1.807) is 0 Å². The van der Waals surface area contributed by atoms with Gasteiger partial charge in [0.15, 0.2) is 0 Å². The average Bonchev–Trinajstić information content (AvgIpc) is 3.28. The summed E-state index contributed by atoms with van der Waals surface area (Å²) in [5.41, 5.74) is 0. The fourth-order valence-electron chi connectivity index (χ4n) is 9.23. The molecule has 0 saturated heterocycles. The Morgan fingerprint density at radius 1 is 0.381 bits per heavy atom. The zero-order valence-electron chi connectivity index (χ0n) is 42.8. The average molecular weight is 893 g/mol. The van der Waals surface area contributed by atoms with Crippen molar-refractivity contribution in [3.63, 3.8) is 0 Å². The molecule has 0 spiro atoms. The second-order valence-corrected chi connectivity index (χ2v) is 20.0. The molecule has 0 heterocycles. The van der Waals surface area contributed by atoms with Gasteiger partial charge in [0.05, 0.1) is 25.4 Å². The summed E-state index contributed by atoms with van der Waals surface area (Å²) in [5, 5.41) is 23.2. The molecule has 0 bridgehead atoms. The zero-order chi connectivity index (χ0) is 45.8. The molecule has 1 amide bonds. The summed E-state index contributed by atoms with van der Waals surface area (Å²) in [7, 11) is 0. The van der Waals surface area contributed by atoms with Crippen LogP contribution in [0.15, 0.2) is 0 Å². The summed E-state index contributed by atoms with van der Waals surface area (Å²) in [6, 6.07) is -0.542. The standard InChI is InChI=1S/C57H113NO5/c1-3-5-7-9-11-13-15-16-17-18-21-24-27-31-35-39-43-47-51-57(62)63-52-48-44-40-36-32-28-25-22-19-20-23-26-30-34-38-42-46-50-56(61)58-54(53-59)55(60)49-45-41-37-33-29-14-12-10-8-6-4-2/h54-55,59-60H,3-53H2,1-2H3,(H,58,61). The number of hydrogen-bond donors (Lipinski definition) is 3. The van der Waals surface area contributed by atoms with Crippen molar-refractivity contribution in [2.45, 2.75) is 341 Å². The zero-order valence-corrected chi connectivity index (χ0v) is 42.8. The lowest BCUT2D eigenvalue weighted by molar-refractivity contribution is -0.143. The molecule has 3 N–H and O–H groups in total. The molecule has 2 atom stereocenters. The molecule has 0 saturated carbocycles. The van der Waals surface area contributed by atoms with E-state index in [-0.39, 0.29) is 18.5 Å². The molecule has 0 aromatic carbocycles. The van der Waals surface area contributed by atoms with Crippen LogP contribution in [0.4, 0.5) is 0 Å². The van der Waals surface area contributed by atoms with Gasteiger partial charge in [-0.3, -0.25) is 9.59 Å². The van der Waals surface area contributed by atoms with Gasteiger partial charge in [0.25, 0.3) is 0 Å². The van der Waals surface area contributed by atoms with Crippen LogP contribution >= 0.6 is 0 Å². The van der Waals surface area contributed by atoms with E-state index in [9.17, 15) is 19.8 Å². The Balaban J connectivity index is 3.36. The van der Waals surface area contributed by atoms with Gasteiger partial charge in [0.1, 0.15) is 0 Å². The predicted molar refractivity (Wildman–Crippen MR) is 274 cm³/mol. The summed E-state index contributed by atoms with van der Waals surface area (Å²) in [6.07, 6.45) is 60.9. The number of esters is 1. The number of hydrogen-bond acceptors (Lipinski definition) is 5. The molecule has 0 rings (SSSR count). The Kier molecular flexibility index (Phi) is 52.5. The minimum atomic E-state index is -0.665. The van der Waals surface area contributed by atoms with Crippen LogP contribution < -0.4 is 5.32 Å². The highest BCUT2D eigenvalue weighted by atomic mass is 16.5. The smallest absolute Gasteiger partial charge is 0.305 e. The summed E-state index contributed by atoms with van der Waals surface area (Å²) in [4.78, 5) is 24.5. The largest absolute Gasteiger partial charge is 0.466 e. The van der Waals surface area contributed by atoms with Gasteiger partial charge in [-0.15, -0.1) is 0 Å². The van der Waals surface area contributed by atoms with Crippen LogP contribution in [0.2, 0.25) is 0 Å². The lowest BCUT2D eigenvalue weighted by Gasteiger charge is -2.22. The first kappa shape index (κ1) is 61.9. The quantitative estimate of drug-likeness (QED) is 0.0418. The van der Waals surface area contributed by atoms with Gasteiger partial charge in [0, 0.05) is 12.8 Å². The predicted octanol–water partition coefficient (Wildman–Crippen LogP) is 17.5. The number of unbranched alkanes of at least 4 members (excludes halogenated alkanes) is 43. The third-order valence-corrected chi connectivity index (χ3v) is 13.7. The molecule has 6 heteroatoms. The Morgan fingerprint density at radius 3 is 0.968 bits per heavy atom. The Morgan fingerprint density at radius 2 is 0.651 bits per heavy atom. The van der Waals surface area contributed by atoms with Gasteiger partial charge < -0.3 is 20.3 Å². The van der Waals surface area contributed by atoms with Gasteiger partial charge >= 0.3 is 5.97 Å². The van der Waals surface area contributed by atoms with E-state index in [1.165, 1.54) is 257 Å². The number of carbonyl (C=O) groups is 2. The number of carbonyl (C=O) groups excluding carboxylic acids is 2. The van der Waals surface area contributed by atoms with Gasteiger partial charge in [-0.2, -0.15) is 0 Å². The Bertz CT molecular complexity index is 898. The topological polar surface area (TPSA) is 95.9 Å². The highest BCUT2D eigenvalue weighted by molar-refractivity contribution is 5.76. The van der Waals surface area contributed by atoms with Crippen LogP contribution in [0.25, 0.3) is 0 Å². The third-order valence-electron chi connectivity index (χ3n) is 13.7. The highest BCUT2D eigenvalue weighted by Gasteiger charge is 2.20. The van der Waals surface area contributed by atoms with Crippen molar-refractivity contribution < 1.29 is 24.5 Å². The van der Waals surface area contributed by atoms with E-state index < -0.39 is 12.1 Å². The molecular weight excluding hydrogens is 779 g/mol. The normalized spacial score (nSPS) is 12.5. The van der Waals surface area contributed by atoms with Crippen LogP contribution in [0.5, 0.6) is 0 Å². The first-order chi connectivity index (χ1) is 31.0. The molecule has 376 valence electrons. The minimum Gasteiger partial charge on any atom is -0.466 e. The highest BCUT2D eigenvalue weighted by Crippen LogP contribution is 2.18. The molecular formula is C57H113NO5. The van der Waals surface area contributed by atoms with E-state index >= 15 is 0 Å². The third kappa shape index (κ3) is 50.1. The molecule has 0 radical (unpaired) electrons. The van der Waals surface area contributed by atoms with Gasteiger partial charge in [-0.05, 0) is 25.7 Å².